The molecule has 16 heavy (non-hydrogen) atoms. The Labute approximate surface area is 95.4 Å². The van der Waals surface area contributed by atoms with Crippen LogP contribution >= 0.6 is 0 Å². The molecule has 0 saturated carbocycles. The first-order valence-electron chi connectivity index (χ1n) is 5.31. The van der Waals surface area contributed by atoms with Crippen molar-refractivity contribution in [2.45, 2.75) is 18.9 Å². The fourth-order valence-electron chi connectivity index (χ4n) is 1.65. The van der Waals surface area contributed by atoms with Gasteiger partial charge in [-0.1, -0.05) is 0 Å². The van der Waals surface area contributed by atoms with Gasteiger partial charge in [-0.2, -0.15) is 0 Å². The van der Waals surface area contributed by atoms with E-state index in [4.69, 9.17) is 10.5 Å². The van der Waals surface area contributed by atoms with Gasteiger partial charge in [0.1, 0.15) is 6.61 Å². The van der Waals surface area contributed by atoms with Gasteiger partial charge in [-0.05, 0) is 12.8 Å². The van der Waals surface area contributed by atoms with Crippen LogP contribution in [0.15, 0.2) is 0 Å². The van der Waals surface area contributed by atoms with Crippen molar-refractivity contribution in [2.75, 3.05) is 31.3 Å². The van der Waals surface area contributed by atoms with E-state index in [1.165, 1.54) is 0 Å². The molecule has 3 N–H and O–H groups in total. The molecule has 0 aromatic carbocycles. The van der Waals surface area contributed by atoms with Crippen LogP contribution in [0.25, 0.3) is 0 Å². The minimum atomic E-state index is -2.98. The third-order valence-electron chi connectivity index (χ3n) is 2.32. The summed E-state index contributed by atoms with van der Waals surface area (Å²) in [6.45, 7) is 0.634. The van der Waals surface area contributed by atoms with Crippen LogP contribution in [-0.4, -0.2) is 51.6 Å². The van der Waals surface area contributed by atoms with Crippen molar-refractivity contribution in [3.63, 3.8) is 0 Å². The number of amides is 1. The Morgan fingerprint density at radius 3 is 2.88 bits per heavy atom. The average Bonchev–Trinajstić information content (AvgIpc) is 2.16. The summed E-state index contributed by atoms with van der Waals surface area (Å²) in [6.07, 6.45) is 1.32. The number of carbonyl (C=O) groups is 1. The first-order valence-corrected chi connectivity index (χ1v) is 7.13. The molecule has 6 nitrogen and oxygen atoms in total. The first-order chi connectivity index (χ1) is 7.53. The molecule has 1 aliphatic heterocycles. The Morgan fingerprint density at radius 1 is 1.50 bits per heavy atom. The van der Waals surface area contributed by atoms with Gasteiger partial charge in [-0.3, -0.25) is 4.79 Å². The highest BCUT2D eigenvalue weighted by Gasteiger charge is 2.25. The molecule has 1 atom stereocenters. The summed E-state index contributed by atoms with van der Waals surface area (Å²) in [5.41, 5.74) is 5.20. The summed E-state index contributed by atoms with van der Waals surface area (Å²) in [6, 6.07) is -0.271. The lowest BCUT2D eigenvalue weighted by Gasteiger charge is -2.22. The molecule has 1 aliphatic rings. The van der Waals surface area contributed by atoms with Gasteiger partial charge >= 0.3 is 0 Å². The van der Waals surface area contributed by atoms with Gasteiger partial charge in [0.2, 0.25) is 5.91 Å². The number of nitrogens with two attached hydrogens (primary N) is 1. The molecule has 1 amide bonds. The molecule has 0 aromatic rings. The van der Waals surface area contributed by atoms with E-state index >= 15 is 0 Å². The van der Waals surface area contributed by atoms with Crippen molar-refractivity contribution in [1.82, 2.24) is 5.32 Å². The quantitative estimate of drug-likeness (QED) is 0.588. The molecular weight excluding hydrogens is 232 g/mol. The molecule has 0 radical (unpaired) electrons. The summed E-state index contributed by atoms with van der Waals surface area (Å²) in [5.74, 6) is -0.0193. The van der Waals surface area contributed by atoms with Crippen molar-refractivity contribution in [3.8, 4) is 0 Å². The highest BCUT2D eigenvalue weighted by Crippen LogP contribution is 2.11. The third-order valence-corrected chi connectivity index (χ3v) is 4.14. The number of rotatable bonds is 5. The predicted molar refractivity (Wildman–Crippen MR) is 59.7 cm³/mol. The largest absolute Gasteiger partial charge is 0.370 e. The zero-order valence-corrected chi connectivity index (χ0v) is 9.96. The van der Waals surface area contributed by atoms with Crippen LogP contribution in [0.4, 0.5) is 0 Å². The summed E-state index contributed by atoms with van der Waals surface area (Å²) in [5, 5.41) is 2.65. The van der Waals surface area contributed by atoms with Gasteiger partial charge in [0.15, 0.2) is 9.84 Å². The molecule has 0 aliphatic carbocycles. The average molecular weight is 250 g/mol. The predicted octanol–water partition coefficient (Wildman–Crippen LogP) is -1.34. The lowest BCUT2D eigenvalue weighted by atomic mass is 10.2. The van der Waals surface area contributed by atoms with Crippen molar-refractivity contribution >= 4 is 15.7 Å². The molecule has 0 aromatic heterocycles. The number of hydrogen-bond acceptors (Lipinski definition) is 5. The molecular formula is C9H18N2O4S. The van der Waals surface area contributed by atoms with E-state index in [2.05, 4.69) is 5.32 Å². The SMILES string of the molecule is NCCOCC(=O)NC1CCCS(=O)(=O)C1. The second kappa shape index (κ2) is 6.17. The Morgan fingerprint density at radius 2 is 2.25 bits per heavy atom. The second-order valence-electron chi connectivity index (χ2n) is 3.86. The maximum atomic E-state index is 11.3. The highest BCUT2D eigenvalue weighted by atomic mass is 32.2. The number of hydrogen-bond donors (Lipinski definition) is 2. The Kier molecular flexibility index (Phi) is 5.17. The smallest absolute Gasteiger partial charge is 0.246 e. The van der Waals surface area contributed by atoms with E-state index < -0.39 is 9.84 Å². The van der Waals surface area contributed by atoms with Crippen LogP contribution in [-0.2, 0) is 19.4 Å². The number of ether oxygens (including phenoxy) is 1. The Bertz CT molecular complexity index is 328. The number of carbonyl (C=O) groups excluding carboxylic acids is 1. The van der Waals surface area contributed by atoms with E-state index in [1.807, 2.05) is 0 Å². The zero-order valence-electron chi connectivity index (χ0n) is 9.15. The lowest BCUT2D eigenvalue weighted by molar-refractivity contribution is -0.126. The molecule has 1 heterocycles. The summed E-state index contributed by atoms with van der Waals surface area (Å²) in [4.78, 5) is 11.3. The van der Waals surface area contributed by atoms with Crippen LogP contribution in [0, 0.1) is 0 Å². The molecule has 1 fully saturated rings. The molecule has 7 heteroatoms. The van der Waals surface area contributed by atoms with E-state index in [1.54, 1.807) is 0 Å². The van der Waals surface area contributed by atoms with Crippen molar-refractivity contribution in [3.05, 3.63) is 0 Å². The summed E-state index contributed by atoms with van der Waals surface area (Å²) in [7, 11) is -2.98. The zero-order chi connectivity index (χ0) is 12.0. The summed E-state index contributed by atoms with van der Waals surface area (Å²) >= 11 is 0. The fraction of sp³-hybridized carbons (Fsp3) is 0.889. The molecule has 0 spiro atoms. The first kappa shape index (κ1) is 13.4. The fourth-order valence-corrected chi connectivity index (χ4v) is 3.29. The number of sulfone groups is 1. The lowest BCUT2D eigenvalue weighted by Crippen LogP contribution is -2.44. The second-order valence-corrected chi connectivity index (χ2v) is 6.09. The van der Waals surface area contributed by atoms with Crippen LogP contribution in [0.3, 0.4) is 0 Å². The van der Waals surface area contributed by atoms with E-state index in [0.717, 1.165) is 0 Å². The standard InChI is InChI=1S/C9H18N2O4S/c10-3-4-15-6-9(12)11-8-2-1-5-16(13,14)7-8/h8H,1-7,10H2,(H,11,12). The molecule has 1 rings (SSSR count). The van der Waals surface area contributed by atoms with Gasteiger partial charge in [-0.15, -0.1) is 0 Å². The summed E-state index contributed by atoms with van der Waals surface area (Å²) < 4.78 is 27.6. The van der Waals surface area contributed by atoms with Crippen molar-refractivity contribution in [1.29, 1.82) is 0 Å². The monoisotopic (exact) mass is 250 g/mol. The van der Waals surface area contributed by atoms with Crippen LogP contribution in [0.2, 0.25) is 0 Å². The molecule has 1 unspecified atom stereocenters. The Hall–Kier alpha value is -0.660. The van der Waals surface area contributed by atoms with Gasteiger partial charge in [0.05, 0.1) is 18.1 Å². The Balaban J connectivity index is 2.28. The molecule has 1 saturated heterocycles. The maximum Gasteiger partial charge on any atom is 0.246 e. The highest BCUT2D eigenvalue weighted by molar-refractivity contribution is 7.91. The minimum absolute atomic E-state index is 0.0373. The van der Waals surface area contributed by atoms with Crippen LogP contribution in [0.5, 0.6) is 0 Å². The van der Waals surface area contributed by atoms with Gasteiger partial charge < -0.3 is 15.8 Å². The van der Waals surface area contributed by atoms with Gasteiger partial charge in [-0.25, -0.2) is 8.42 Å². The number of nitrogens with one attached hydrogen (secondary N) is 1. The molecule has 94 valence electrons. The minimum Gasteiger partial charge on any atom is -0.370 e. The van der Waals surface area contributed by atoms with Crippen molar-refractivity contribution < 1.29 is 17.9 Å². The van der Waals surface area contributed by atoms with Crippen molar-refractivity contribution in [2.24, 2.45) is 5.73 Å². The van der Waals surface area contributed by atoms with Gasteiger partial charge in [0.25, 0.3) is 0 Å². The van der Waals surface area contributed by atoms with Gasteiger partial charge in [0, 0.05) is 12.6 Å². The van der Waals surface area contributed by atoms with Crippen LogP contribution < -0.4 is 11.1 Å². The normalized spacial score (nSPS) is 23.9. The topological polar surface area (TPSA) is 98.5 Å². The maximum absolute atomic E-state index is 11.3. The van der Waals surface area contributed by atoms with E-state index in [-0.39, 0.29) is 30.1 Å². The van der Waals surface area contributed by atoms with E-state index in [9.17, 15) is 13.2 Å². The molecule has 0 bridgehead atoms. The van der Waals surface area contributed by atoms with Crippen LogP contribution in [0.1, 0.15) is 12.8 Å². The third kappa shape index (κ3) is 4.91. The van der Waals surface area contributed by atoms with E-state index in [0.29, 0.717) is 26.0 Å².